The number of nitrogens with zero attached hydrogens (tertiary/aromatic N) is 4. The van der Waals surface area contributed by atoms with Gasteiger partial charge in [0.25, 0.3) is 11.6 Å². The van der Waals surface area contributed by atoms with Crippen LogP contribution in [0.1, 0.15) is 39.1 Å². The fourth-order valence-electron chi connectivity index (χ4n) is 2.71. The fraction of sp³-hybridized carbons (Fsp3) is 0.400. The average molecular weight is 332 g/mol. The molecule has 1 aliphatic rings. The highest BCUT2D eigenvalue weighted by Gasteiger charge is 2.26. The molecular weight excluding hydrogens is 316 g/mol. The summed E-state index contributed by atoms with van der Waals surface area (Å²) in [6.07, 6.45) is 1.74. The maximum atomic E-state index is 12.5. The van der Waals surface area contributed by atoms with Crippen molar-refractivity contribution in [2.24, 2.45) is 0 Å². The van der Waals surface area contributed by atoms with Crippen LogP contribution in [-0.4, -0.2) is 39.0 Å². The van der Waals surface area contributed by atoms with E-state index in [1.54, 1.807) is 16.2 Å². The molecule has 1 aromatic heterocycles. The number of piperidine rings is 1. The third-order valence-electron chi connectivity index (χ3n) is 4.00. The Morgan fingerprint density at radius 2 is 1.91 bits per heavy atom. The molecule has 0 radical (unpaired) electrons. The lowest BCUT2D eigenvalue weighted by Crippen LogP contribution is -2.37. The Morgan fingerprint density at radius 1 is 1.26 bits per heavy atom. The molecule has 8 heteroatoms. The van der Waals surface area contributed by atoms with E-state index < -0.39 is 4.92 Å². The Morgan fingerprint density at radius 3 is 2.43 bits per heavy atom. The number of aromatic nitrogens is 2. The number of non-ortho nitro benzene ring substituents is 1. The summed E-state index contributed by atoms with van der Waals surface area (Å²) < 4.78 is 0. The first kappa shape index (κ1) is 15.5. The number of rotatable bonds is 3. The number of carbonyl (C=O) groups is 1. The van der Waals surface area contributed by atoms with E-state index in [2.05, 4.69) is 10.2 Å². The number of hydrogen-bond donors (Lipinski definition) is 0. The highest BCUT2D eigenvalue weighted by molar-refractivity contribution is 7.11. The Balaban J connectivity index is 1.62. The summed E-state index contributed by atoms with van der Waals surface area (Å²) in [5, 5.41) is 20.9. The van der Waals surface area contributed by atoms with Gasteiger partial charge in [-0.25, -0.2) is 0 Å². The number of carbonyl (C=O) groups excluding carboxylic acids is 1. The van der Waals surface area contributed by atoms with Gasteiger partial charge in [-0.15, -0.1) is 21.5 Å². The maximum Gasteiger partial charge on any atom is 0.269 e. The number of aryl methyl sites for hydroxylation is 1. The fourth-order valence-corrected chi connectivity index (χ4v) is 3.58. The Hall–Kier alpha value is -2.35. The van der Waals surface area contributed by atoms with Crippen LogP contribution in [-0.2, 0) is 0 Å². The number of benzene rings is 1. The normalized spacial score (nSPS) is 15.6. The average Bonchev–Trinajstić information content (AvgIpc) is 3.01. The van der Waals surface area contributed by atoms with Crippen molar-refractivity contribution in [1.82, 2.24) is 15.1 Å². The molecule has 0 atom stereocenters. The zero-order valence-corrected chi connectivity index (χ0v) is 13.5. The van der Waals surface area contributed by atoms with E-state index in [1.807, 2.05) is 6.92 Å². The van der Waals surface area contributed by atoms with Gasteiger partial charge in [0.1, 0.15) is 10.0 Å². The summed E-state index contributed by atoms with van der Waals surface area (Å²) in [6, 6.07) is 5.76. The van der Waals surface area contributed by atoms with E-state index in [0.29, 0.717) is 24.6 Å². The SMILES string of the molecule is Cc1nnc(C2CCN(C(=O)c3ccc([N+](=O)[O-])cc3)CC2)s1. The van der Waals surface area contributed by atoms with Gasteiger partial charge in [-0.2, -0.15) is 0 Å². The molecule has 2 aromatic rings. The van der Waals surface area contributed by atoms with Crippen LogP contribution in [0.2, 0.25) is 0 Å². The molecule has 0 saturated carbocycles. The van der Waals surface area contributed by atoms with Gasteiger partial charge in [-0.1, -0.05) is 0 Å². The monoisotopic (exact) mass is 332 g/mol. The van der Waals surface area contributed by atoms with Gasteiger partial charge in [0.15, 0.2) is 0 Å². The number of nitro groups is 1. The molecule has 0 aliphatic carbocycles. The molecule has 23 heavy (non-hydrogen) atoms. The quantitative estimate of drug-likeness (QED) is 0.637. The van der Waals surface area contributed by atoms with Crippen LogP contribution in [0.3, 0.4) is 0 Å². The third-order valence-corrected chi connectivity index (χ3v) is 5.00. The Kier molecular flexibility index (Phi) is 4.33. The number of likely N-dealkylation sites (tertiary alicyclic amines) is 1. The zero-order chi connectivity index (χ0) is 16.4. The van der Waals surface area contributed by atoms with Crippen LogP contribution in [0, 0.1) is 17.0 Å². The van der Waals surface area contributed by atoms with Crippen LogP contribution in [0.5, 0.6) is 0 Å². The lowest BCUT2D eigenvalue weighted by Gasteiger charge is -2.31. The first-order valence-corrected chi connectivity index (χ1v) is 8.20. The van der Waals surface area contributed by atoms with E-state index in [-0.39, 0.29) is 11.6 Å². The van der Waals surface area contributed by atoms with E-state index in [9.17, 15) is 14.9 Å². The molecule has 1 aliphatic heterocycles. The maximum absolute atomic E-state index is 12.5. The van der Waals surface area contributed by atoms with E-state index in [4.69, 9.17) is 0 Å². The highest BCUT2D eigenvalue weighted by Crippen LogP contribution is 2.30. The van der Waals surface area contributed by atoms with Crippen molar-refractivity contribution in [1.29, 1.82) is 0 Å². The predicted molar refractivity (Wildman–Crippen MR) is 85.6 cm³/mol. The summed E-state index contributed by atoms with van der Waals surface area (Å²) in [6.45, 7) is 3.27. The molecule has 3 rings (SSSR count). The van der Waals surface area contributed by atoms with Gasteiger partial charge in [0.2, 0.25) is 0 Å². The minimum Gasteiger partial charge on any atom is -0.339 e. The minimum absolute atomic E-state index is 0.00750. The number of amides is 1. The lowest BCUT2D eigenvalue weighted by molar-refractivity contribution is -0.384. The second-order valence-corrected chi connectivity index (χ2v) is 6.74. The van der Waals surface area contributed by atoms with Crippen LogP contribution in [0.25, 0.3) is 0 Å². The number of nitro benzene ring substituents is 1. The Bertz CT molecular complexity index is 721. The first-order chi connectivity index (χ1) is 11.0. The van der Waals surface area contributed by atoms with Crippen molar-refractivity contribution >= 4 is 22.9 Å². The highest BCUT2D eigenvalue weighted by atomic mass is 32.1. The Labute approximate surface area is 137 Å². The summed E-state index contributed by atoms with van der Waals surface area (Å²) in [7, 11) is 0. The first-order valence-electron chi connectivity index (χ1n) is 7.38. The van der Waals surface area contributed by atoms with Crippen molar-refractivity contribution in [2.75, 3.05) is 13.1 Å². The standard InChI is InChI=1S/C15H16N4O3S/c1-10-16-17-14(23-10)11-6-8-18(9-7-11)15(20)12-2-4-13(5-3-12)19(21)22/h2-5,11H,6-9H2,1H3. The summed E-state index contributed by atoms with van der Waals surface area (Å²) in [5.41, 5.74) is 0.479. The van der Waals surface area contributed by atoms with Crippen molar-refractivity contribution in [2.45, 2.75) is 25.7 Å². The predicted octanol–water partition coefficient (Wildman–Crippen LogP) is 2.77. The van der Waals surface area contributed by atoms with Gasteiger partial charge in [0.05, 0.1) is 4.92 Å². The molecule has 1 fully saturated rings. The second-order valence-electron chi connectivity index (χ2n) is 5.53. The summed E-state index contributed by atoms with van der Waals surface area (Å²) in [5.74, 6) is 0.286. The van der Waals surface area contributed by atoms with Crippen molar-refractivity contribution in [3.63, 3.8) is 0 Å². The topological polar surface area (TPSA) is 89.2 Å². The van der Waals surface area contributed by atoms with Crippen molar-refractivity contribution in [3.05, 3.63) is 50.0 Å². The molecule has 1 amide bonds. The van der Waals surface area contributed by atoms with Gasteiger partial charge in [0, 0.05) is 36.7 Å². The molecule has 0 unspecified atom stereocenters. The van der Waals surface area contributed by atoms with Crippen LogP contribution in [0.15, 0.2) is 24.3 Å². The molecule has 7 nitrogen and oxygen atoms in total. The molecule has 0 spiro atoms. The van der Waals surface area contributed by atoms with Crippen molar-refractivity contribution < 1.29 is 9.72 Å². The van der Waals surface area contributed by atoms with Crippen LogP contribution in [0.4, 0.5) is 5.69 Å². The van der Waals surface area contributed by atoms with Gasteiger partial charge >= 0.3 is 0 Å². The number of hydrogen-bond acceptors (Lipinski definition) is 6. The smallest absolute Gasteiger partial charge is 0.269 e. The van der Waals surface area contributed by atoms with Gasteiger partial charge in [-0.3, -0.25) is 14.9 Å². The molecule has 0 N–H and O–H groups in total. The second kappa shape index (κ2) is 6.41. The van der Waals surface area contributed by atoms with Gasteiger partial charge in [-0.05, 0) is 31.9 Å². The third kappa shape index (κ3) is 3.37. The lowest BCUT2D eigenvalue weighted by atomic mass is 9.97. The summed E-state index contributed by atoms with van der Waals surface area (Å²) in [4.78, 5) is 24.4. The van der Waals surface area contributed by atoms with Gasteiger partial charge < -0.3 is 4.90 Å². The van der Waals surface area contributed by atoms with E-state index in [1.165, 1.54) is 24.3 Å². The van der Waals surface area contributed by atoms with Crippen molar-refractivity contribution in [3.8, 4) is 0 Å². The summed E-state index contributed by atoms with van der Waals surface area (Å²) >= 11 is 1.62. The minimum atomic E-state index is -0.468. The molecule has 2 heterocycles. The van der Waals surface area contributed by atoms with Crippen LogP contribution < -0.4 is 0 Å². The van der Waals surface area contributed by atoms with Crippen LogP contribution >= 0.6 is 11.3 Å². The molecule has 0 bridgehead atoms. The molecule has 120 valence electrons. The molecule has 1 aromatic carbocycles. The largest absolute Gasteiger partial charge is 0.339 e. The molecular formula is C15H16N4O3S. The zero-order valence-electron chi connectivity index (χ0n) is 12.6. The molecule has 1 saturated heterocycles. The van der Waals surface area contributed by atoms with E-state index in [0.717, 1.165) is 22.9 Å². The van der Waals surface area contributed by atoms with E-state index >= 15 is 0 Å².